The number of hydrogen-bond acceptors (Lipinski definition) is 6. The number of H-pyrrole nitrogens is 1. The van der Waals surface area contributed by atoms with Gasteiger partial charge in [0, 0.05) is 19.2 Å². The van der Waals surface area contributed by atoms with Crippen molar-refractivity contribution in [1.29, 1.82) is 0 Å². The Bertz CT molecular complexity index is 1170. The fourth-order valence-electron chi connectivity index (χ4n) is 4.22. The van der Waals surface area contributed by atoms with Crippen LogP contribution in [0.3, 0.4) is 0 Å². The number of rotatable bonds is 3. The van der Waals surface area contributed by atoms with Gasteiger partial charge < -0.3 is 20.5 Å². The molecular weight excluding hydrogens is 441 g/mol. The monoisotopic (exact) mass is 462 g/mol. The highest BCUT2D eigenvalue weighted by molar-refractivity contribution is 5.92. The zero-order chi connectivity index (χ0) is 23.3. The fourth-order valence-corrected chi connectivity index (χ4v) is 4.22. The molecule has 33 heavy (non-hydrogen) atoms. The minimum atomic E-state index is -4.55. The molecule has 174 valence electrons. The molecule has 1 saturated heterocycles. The average Bonchev–Trinajstić information content (AvgIpc) is 3.40. The largest absolute Gasteiger partial charge is 0.408 e. The first kappa shape index (κ1) is 21.1. The molecule has 0 aliphatic carbocycles. The minimum absolute atomic E-state index is 0.158. The predicted octanol–water partition coefficient (Wildman–Crippen LogP) is 1.64. The molecule has 0 saturated carbocycles. The van der Waals surface area contributed by atoms with Gasteiger partial charge in [-0.3, -0.25) is 15.0 Å². The first-order chi connectivity index (χ1) is 15.7. The third kappa shape index (κ3) is 3.83. The average molecular weight is 462 g/mol. The lowest BCUT2D eigenvalue weighted by atomic mass is 10.1. The molecule has 2 aromatic heterocycles. The van der Waals surface area contributed by atoms with Crippen molar-refractivity contribution in [3.63, 3.8) is 0 Å². The molecule has 0 radical (unpaired) electrons. The number of carbonyl (C=O) groups is 2. The van der Waals surface area contributed by atoms with Gasteiger partial charge in [0.1, 0.15) is 23.7 Å². The summed E-state index contributed by atoms with van der Waals surface area (Å²) < 4.78 is 38.6. The van der Waals surface area contributed by atoms with Crippen LogP contribution in [0, 0.1) is 0 Å². The van der Waals surface area contributed by atoms with Crippen molar-refractivity contribution in [2.45, 2.75) is 37.6 Å². The summed E-state index contributed by atoms with van der Waals surface area (Å²) in [6, 6.07) is -2.03. The molecule has 4 N–H and O–H groups in total. The van der Waals surface area contributed by atoms with Crippen LogP contribution in [-0.2, 0) is 4.79 Å². The first-order valence-corrected chi connectivity index (χ1v) is 10.4. The second kappa shape index (κ2) is 7.67. The normalized spacial score (nSPS) is 22.8. The van der Waals surface area contributed by atoms with E-state index in [0.29, 0.717) is 35.8 Å². The van der Waals surface area contributed by atoms with Crippen molar-refractivity contribution in [1.82, 2.24) is 35.4 Å². The molecule has 0 aromatic carbocycles. The van der Waals surface area contributed by atoms with E-state index in [-0.39, 0.29) is 6.04 Å². The molecule has 13 heteroatoms. The van der Waals surface area contributed by atoms with Crippen LogP contribution in [0.1, 0.15) is 13.3 Å². The standard InChI is InChI=1S/C20H21F3N8O2/c1-10(20(21,22)23)27-18(32)12-2-3-15-17(28-12)31(11-4-5-30(15)8-11)19(33)29-16-6-13-14(7-24-16)26-9-25-13/h2-3,6-7,9-12,28H,4-5,8H2,1H3,(H,25,26)(H,27,32)(H,24,29,33)/t10-,11+,12?/m1/s1. The number of amides is 3. The number of carbonyl (C=O) groups excluding carboxylic acids is 2. The SMILES string of the molecule is C[C@@H](NC(=O)C1C=CC2=C(N1)N(C(=O)Nc1cc3nc[nH]c3cn1)[C@H]1CCN2C1)C(F)(F)F. The summed E-state index contributed by atoms with van der Waals surface area (Å²) in [7, 11) is 0. The van der Waals surface area contributed by atoms with E-state index in [4.69, 9.17) is 0 Å². The van der Waals surface area contributed by atoms with Crippen LogP contribution in [0.5, 0.6) is 0 Å². The van der Waals surface area contributed by atoms with Gasteiger partial charge in [0.25, 0.3) is 0 Å². The van der Waals surface area contributed by atoms with Crippen molar-refractivity contribution >= 4 is 28.8 Å². The van der Waals surface area contributed by atoms with E-state index in [0.717, 1.165) is 19.0 Å². The van der Waals surface area contributed by atoms with E-state index in [9.17, 15) is 22.8 Å². The molecule has 10 nitrogen and oxygen atoms in total. The summed E-state index contributed by atoms with van der Waals surface area (Å²) in [5.74, 6) is -0.146. The van der Waals surface area contributed by atoms with Gasteiger partial charge in [-0.1, -0.05) is 6.08 Å². The Balaban J connectivity index is 1.36. The zero-order valence-electron chi connectivity index (χ0n) is 17.5. The number of dihydropyridines is 1. The predicted molar refractivity (Wildman–Crippen MR) is 111 cm³/mol. The Morgan fingerprint density at radius 2 is 2.12 bits per heavy atom. The lowest BCUT2D eigenvalue weighted by Gasteiger charge is -2.41. The lowest BCUT2D eigenvalue weighted by Crippen LogP contribution is -2.57. The number of aromatic amines is 1. The zero-order valence-corrected chi connectivity index (χ0v) is 17.5. The second-order valence-electron chi connectivity index (χ2n) is 8.16. The van der Waals surface area contributed by atoms with Crippen LogP contribution in [0.25, 0.3) is 11.0 Å². The van der Waals surface area contributed by atoms with Crippen LogP contribution in [0.15, 0.2) is 42.3 Å². The number of anilines is 1. The Kier molecular flexibility index (Phi) is 4.91. The Labute approximate surface area is 185 Å². The highest BCUT2D eigenvalue weighted by atomic mass is 19.4. The summed E-state index contributed by atoms with van der Waals surface area (Å²) >= 11 is 0. The van der Waals surface area contributed by atoms with Gasteiger partial charge in [-0.2, -0.15) is 13.2 Å². The van der Waals surface area contributed by atoms with Crippen molar-refractivity contribution in [3.05, 3.63) is 42.3 Å². The van der Waals surface area contributed by atoms with Crippen molar-refractivity contribution in [2.75, 3.05) is 18.4 Å². The van der Waals surface area contributed by atoms with Crippen LogP contribution in [0.4, 0.5) is 23.8 Å². The maximum Gasteiger partial charge on any atom is 0.408 e. The number of halogens is 3. The third-order valence-corrected chi connectivity index (χ3v) is 5.98. The molecule has 2 aromatic rings. The quantitative estimate of drug-likeness (QED) is 0.551. The van der Waals surface area contributed by atoms with E-state index in [1.807, 2.05) is 5.32 Å². The molecular formula is C20H21F3N8O2. The van der Waals surface area contributed by atoms with Gasteiger partial charge in [0.05, 0.1) is 35.3 Å². The van der Waals surface area contributed by atoms with Crippen molar-refractivity contribution in [2.24, 2.45) is 0 Å². The molecule has 1 unspecified atom stereocenters. The Hall–Kier alpha value is -3.77. The van der Waals surface area contributed by atoms with E-state index >= 15 is 0 Å². The number of fused-ring (bicyclic) bond motifs is 4. The molecule has 2 bridgehead atoms. The number of hydrogen-bond donors (Lipinski definition) is 4. The molecule has 5 rings (SSSR count). The highest BCUT2D eigenvalue weighted by Crippen LogP contribution is 2.33. The van der Waals surface area contributed by atoms with Gasteiger partial charge in [-0.15, -0.1) is 0 Å². The van der Waals surface area contributed by atoms with Gasteiger partial charge in [-0.25, -0.2) is 14.8 Å². The Morgan fingerprint density at radius 3 is 2.91 bits per heavy atom. The second-order valence-corrected chi connectivity index (χ2v) is 8.16. The molecule has 3 aliphatic rings. The van der Waals surface area contributed by atoms with E-state index in [1.165, 1.54) is 17.3 Å². The fraction of sp³-hybridized carbons (Fsp3) is 0.400. The topological polar surface area (TPSA) is 118 Å². The van der Waals surface area contributed by atoms with Gasteiger partial charge in [0.2, 0.25) is 5.91 Å². The number of allylic oxidation sites excluding steroid dienone is 1. The maximum atomic E-state index is 13.3. The van der Waals surface area contributed by atoms with E-state index in [2.05, 4.69) is 30.5 Å². The third-order valence-electron chi connectivity index (χ3n) is 5.98. The summed E-state index contributed by atoms with van der Waals surface area (Å²) in [5, 5.41) is 7.68. The maximum absolute atomic E-state index is 13.3. The van der Waals surface area contributed by atoms with Crippen molar-refractivity contribution in [3.8, 4) is 0 Å². The summed E-state index contributed by atoms with van der Waals surface area (Å²) in [4.78, 5) is 40.6. The minimum Gasteiger partial charge on any atom is -0.366 e. The highest BCUT2D eigenvalue weighted by Gasteiger charge is 2.43. The summed E-state index contributed by atoms with van der Waals surface area (Å²) in [6.45, 7) is 2.22. The number of alkyl halides is 3. The molecule has 5 heterocycles. The lowest BCUT2D eigenvalue weighted by molar-refractivity contribution is -0.158. The van der Waals surface area contributed by atoms with Crippen LogP contribution in [0.2, 0.25) is 0 Å². The number of nitrogens with one attached hydrogen (secondary N) is 4. The first-order valence-electron chi connectivity index (χ1n) is 10.4. The molecule has 3 aliphatic heterocycles. The number of urea groups is 1. The number of nitrogens with zero attached hydrogens (tertiary/aromatic N) is 4. The van der Waals surface area contributed by atoms with E-state index < -0.39 is 30.2 Å². The summed E-state index contributed by atoms with van der Waals surface area (Å²) in [5.41, 5.74) is 2.08. The van der Waals surface area contributed by atoms with Crippen LogP contribution < -0.4 is 16.0 Å². The van der Waals surface area contributed by atoms with Gasteiger partial charge in [0.15, 0.2) is 0 Å². The molecule has 3 amide bonds. The number of pyridine rings is 1. The van der Waals surface area contributed by atoms with Gasteiger partial charge >= 0.3 is 12.2 Å². The van der Waals surface area contributed by atoms with Crippen LogP contribution in [-0.4, -0.2) is 74.1 Å². The molecule has 0 spiro atoms. The Morgan fingerprint density at radius 1 is 1.30 bits per heavy atom. The van der Waals surface area contributed by atoms with E-state index in [1.54, 1.807) is 18.3 Å². The number of aromatic nitrogens is 3. The summed E-state index contributed by atoms with van der Waals surface area (Å²) in [6.07, 6.45) is 2.41. The molecule has 1 fully saturated rings. The van der Waals surface area contributed by atoms with Gasteiger partial charge in [-0.05, 0) is 19.4 Å². The van der Waals surface area contributed by atoms with Crippen LogP contribution >= 0.6 is 0 Å². The smallest absolute Gasteiger partial charge is 0.366 e. The number of imidazole rings is 1. The molecule has 3 atom stereocenters. The van der Waals surface area contributed by atoms with Crippen molar-refractivity contribution < 1.29 is 22.8 Å².